The van der Waals surface area contributed by atoms with Crippen molar-refractivity contribution in [1.29, 1.82) is 0 Å². The van der Waals surface area contributed by atoms with Gasteiger partial charge in [-0.25, -0.2) is 8.78 Å². The zero-order valence-electron chi connectivity index (χ0n) is 11.6. The maximum atomic E-state index is 13.7. The average molecular weight is 281 g/mol. The van der Waals surface area contributed by atoms with Gasteiger partial charge in [-0.15, -0.1) is 0 Å². The maximum absolute atomic E-state index is 13.7. The van der Waals surface area contributed by atoms with Crippen LogP contribution >= 0.6 is 0 Å². The van der Waals surface area contributed by atoms with Crippen molar-refractivity contribution < 1.29 is 8.78 Å². The van der Waals surface area contributed by atoms with Crippen LogP contribution in [0.5, 0.6) is 0 Å². The third-order valence-corrected chi connectivity index (χ3v) is 4.38. The fraction of sp³-hybridized carbons (Fsp3) is 0.600. The lowest BCUT2D eigenvalue weighted by Gasteiger charge is -2.37. The number of halogens is 2. The second kappa shape index (κ2) is 6.16. The summed E-state index contributed by atoms with van der Waals surface area (Å²) in [5, 5.41) is 3.39. The molecule has 1 N–H and O–H groups in total. The van der Waals surface area contributed by atoms with E-state index in [1.165, 1.54) is 12.5 Å². The van der Waals surface area contributed by atoms with E-state index < -0.39 is 11.6 Å². The predicted octanol–water partition coefficient (Wildman–Crippen LogP) is 1.44. The highest BCUT2D eigenvalue weighted by Gasteiger charge is 2.26. The maximum Gasteiger partial charge on any atom is 0.163 e. The van der Waals surface area contributed by atoms with Gasteiger partial charge in [0.2, 0.25) is 0 Å². The Morgan fingerprint density at radius 3 is 2.65 bits per heavy atom. The molecule has 0 aliphatic carbocycles. The minimum absolute atomic E-state index is 0.459. The molecule has 20 heavy (non-hydrogen) atoms. The third-order valence-electron chi connectivity index (χ3n) is 4.38. The smallest absolute Gasteiger partial charge is 0.163 e. The SMILES string of the molecule is Fc1cccc(CN2CCN([C@H]3CCNC3)CC2)c1F. The van der Waals surface area contributed by atoms with Crippen LogP contribution in [0.3, 0.4) is 0 Å². The van der Waals surface area contributed by atoms with E-state index in [1.54, 1.807) is 12.1 Å². The van der Waals surface area contributed by atoms with E-state index in [0.29, 0.717) is 18.2 Å². The van der Waals surface area contributed by atoms with Crippen LogP contribution in [0.2, 0.25) is 0 Å². The molecule has 1 atom stereocenters. The normalized spacial score (nSPS) is 25.2. The zero-order chi connectivity index (χ0) is 13.9. The molecular formula is C15H21F2N3. The highest BCUT2D eigenvalue weighted by atomic mass is 19.2. The first-order valence-electron chi connectivity index (χ1n) is 7.34. The molecule has 1 aromatic rings. The standard InChI is InChI=1S/C15H21F2N3/c16-14-3-1-2-12(15(14)17)11-19-6-8-20(9-7-19)13-4-5-18-10-13/h1-3,13,18H,4-11H2/t13-/m0/s1. The fourth-order valence-corrected chi connectivity index (χ4v) is 3.15. The second-order valence-corrected chi connectivity index (χ2v) is 5.67. The number of rotatable bonds is 3. The Bertz CT molecular complexity index is 452. The molecule has 0 spiro atoms. The summed E-state index contributed by atoms with van der Waals surface area (Å²) in [5.41, 5.74) is 0.459. The van der Waals surface area contributed by atoms with Crippen LogP contribution in [0.15, 0.2) is 18.2 Å². The van der Waals surface area contributed by atoms with Crippen LogP contribution in [0.1, 0.15) is 12.0 Å². The first-order chi connectivity index (χ1) is 9.74. The van der Waals surface area contributed by atoms with Crippen LogP contribution in [0.4, 0.5) is 8.78 Å². The summed E-state index contributed by atoms with van der Waals surface area (Å²) in [7, 11) is 0. The van der Waals surface area contributed by atoms with Gasteiger partial charge in [-0.2, -0.15) is 0 Å². The Kier molecular flexibility index (Phi) is 4.29. The van der Waals surface area contributed by atoms with Crippen LogP contribution in [0.25, 0.3) is 0 Å². The van der Waals surface area contributed by atoms with Crippen LogP contribution < -0.4 is 5.32 Å². The molecule has 2 saturated heterocycles. The molecule has 2 aliphatic heterocycles. The molecule has 1 aromatic carbocycles. The van der Waals surface area contributed by atoms with E-state index in [1.807, 2.05) is 0 Å². The number of benzene rings is 1. The number of nitrogens with zero attached hydrogens (tertiary/aromatic N) is 2. The first-order valence-corrected chi connectivity index (χ1v) is 7.34. The van der Waals surface area contributed by atoms with Crippen LogP contribution in [-0.2, 0) is 6.54 Å². The molecule has 0 aromatic heterocycles. The summed E-state index contributed by atoms with van der Waals surface area (Å²) >= 11 is 0. The van der Waals surface area contributed by atoms with E-state index in [2.05, 4.69) is 15.1 Å². The third kappa shape index (κ3) is 3.00. The second-order valence-electron chi connectivity index (χ2n) is 5.67. The lowest BCUT2D eigenvalue weighted by atomic mass is 10.1. The molecule has 0 amide bonds. The highest BCUT2D eigenvalue weighted by molar-refractivity contribution is 5.18. The van der Waals surface area contributed by atoms with Gasteiger partial charge < -0.3 is 5.32 Å². The van der Waals surface area contributed by atoms with Gasteiger partial charge in [0.15, 0.2) is 11.6 Å². The molecule has 5 heteroatoms. The van der Waals surface area contributed by atoms with Crippen molar-refractivity contribution in [3.05, 3.63) is 35.4 Å². The van der Waals surface area contributed by atoms with Gasteiger partial charge in [-0.05, 0) is 19.0 Å². The molecular weight excluding hydrogens is 260 g/mol. The van der Waals surface area contributed by atoms with Crippen molar-refractivity contribution in [2.24, 2.45) is 0 Å². The molecule has 0 radical (unpaired) electrons. The van der Waals surface area contributed by atoms with Crippen molar-refractivity contribution in [3.8, 4) is 0 Å². The number of piperazine rings is 1. The van der Waals surface area contributed by atoms with Gasteiger partial charge in [-0.3, -0.25) is 9.80 Å². The summed E-state index contributed by atoms with van der Waals surface area (Å²) in [6, 6.07) is 5.08. The Labute approximate surface area is 118 Å². The summed E-state index contributed by atoms with van der Waals surface area (Å²) in [4.78, 5) is 4.72. The van der Waals surface area contributed by atoms with Gasteiger partial charge in [0, 0.05) is 50.9 Å². The topological polar surface area (TPSA) is 18.5 Å². The molecule has 2 fully saturated rings. The van der Waals surface area contributed by atoms with E-state index >= 15 is 0 Å². The minimum Gasteiger partial charge on any atom is -0.315 e. The number of hydrogen-bond acceptors (Lipinski definition) is 3. The van der Waals surface area contributed by atoms with Crippen molar-refractivity contribution in [2.75, 3.05) is 39.3 Å². The highest BCUT2D eigenvalue weighted by Crippen LogP contribution is 2.17. The largest absolute Gasteiger partial charge is 0.315 e. The van der Waals surface area contributed by atoms with Gasteiger partial charge in [0.25, 0.3) is 0 Å². The summed E-state index contributed by atoms with van der Waals surface area (Å²) in [5.74, 6) is -1.45. The molecule has 2 aliphatic rings. The average Bonchev–Trinajstić information content (AvgIpc) is 2.99. The lowest BCUT2D eigenvalue weighted by molar-refractivity contribution is 0.0973. The van der Waals surface area contributed by atoms with Gasteiger partial charge >= 0.3 is 0 Å². The predicted molar refractivity (Wildman–Crippen MR) is 74.5 cm³/mol. The van der Waals surface area contributed by atoms with E-state index in [0.717, 1.165) is 39.3 Å². The molecule has 0 unspecified atom stereocenters. The number of hydrogen-bond donors (Lipinski definition) is 1. The summed E-state index contributed by atoms with van der Waals surface area (Å²) in [6.07, 6.45) is 1.22. The van der Waals surface area contributed by atoms with E-state index in [-0.39, 0.29) is 0 Å². The monoisotopic (exact) mass is 281 g/mol. The first kappa shape index (κ1) is 13.9. The molecule has 110 valence electrons. The Balaban J connectivity index is 1.54. The van der Waals surface area contributed by atoms with Gasteiger partial charge in [0.05, 0.1) is 0 Å². The minimum atomic E-state index is -0.752. The molecule has 3 rings (SSSR count). The zero-order valence-corrected chi connectivity index (χ0v) is 11.6. The fourth-order valence-electron chi connectivity index (χ4n) is 3.15. The van der Waals surface area contributed by atoms with Crippen molar-refractivity contribution in [1.82, 2.24) is 15.1 Å². The molecule has 3 nitrogen and oxygen atoms in total. The lowest BCUT2D eigenvalue weighted by Crippen LogP contribution is -2.50. The Morgan fingerprint density at radius 1 is 1.15 bits per heavy atom. The van der Waals surface area contributed by atoms with Crippen LogP contribution in [-0.4, -0.2) is 55.1 Å². The Hall–Kier alpha value is -1.04. The summed E-state index contributed by atoms with van der Waals surface area (Å²) < 4.78 is 26.8. The molecule has 0 bridgehead atoms. The van der Waals surface area contributed by atoms with Crippen molar-refractivity contribution in [3.63, 3.8) is 0 Å². The molecule has 2 heterocycles. The van der Waals surface area contributed by atoms with Gasteiger partial charge in [0.1, 0.15) is 0 Å². The summed E-state index contributed by atoms with van der Waals surface area (Å²) in [6.45, 7) is 6.57. The molecule has 0 saturated carbocycles. The van der Waals surface area contributed by atoms with E-state index in [9.17, 15) is 8.78 Å². The quantitative estimate of drug-likeness (QED) is 0.904. The number of nitrogens with one attached hydrogen (secondary N) is 1. The van der Waals surface area contributed by atoms with Crippen molar-refractivity contribution in [2.45, 2.75) is 19.0 Å². The Morgan fingerprint density at radius 2 is 1.95 bits per heavy atom. The van der Waals surface area contributed by atoms with Crippen molar-refractivity contribution >= 4 is 0 Å². The van der Waals surface area contributed by atoms with E-state index in [4.69, 9.17) is 0 Å². The van der Waals surface area contributed by atoms with Crippen LogP contribution in [0, 0.1) is 11.6 Å². The van der Waals surface area contributed by atoms with Gasteiger partial charge in [-0.1, -0.05) is 12.1 Å².